The zero-order chi connectivity index (χ0) is 13.5. The molecule has 1 aliphatic rings. The van der Waals surface area contributed by atoms with Gasteiger partial charge in [-0.15, -0.1) is 0 Å². The van der Waals surface area contributed by atoms with E-state index in [2.05, 4.69) is 36.1 Å². The summed E-state index contributed by atoms with van der Waals surface area (Å²) in [6.07, 6.45) is 7.09. The first-order chi connectivity index (χ1) is 9.29. The van der Waals surface area contributed by atoms with Crippen molar-refractivity contribution in [3.8, 4) is 0 Å². The van der Waals surface area contributed by atoms with Crippen molar-refractivity contribution >= 4 is 23.4 Å². The normalized spacial score (nSPS) is 18.4. The molecule has 106 valence electrons. The maximum Gasteiger partial charge on any atom is 0.0411 e. The molecule has 0 heterocycles. The lowest BCUT2D eigenvalue weighted by molar-refractivity contribution is 0.514. The van der Waals surface area contributed by atoms with Crippen LogP contribution < -0.4 is 5.32 Å². The van der Waals surface area contributed by atoms with E-state index in [4.69, 9.17) is 11.6 Å². The fourth-order valence-corrected chi connectivity index (χ4v) is 4.25. The van der Waals surface area contributed by atoms with Crippen LogP contribution in [0.15, 0.2) is 24.3 Å². The first kappa shape index (κ1) is 15.2. The molecule has 1 atom stereocenters. The minimum Gasteiger partial charge on any atom is -0.310 e. The Hall–Kier alpha value is -0.180. The molecule has 19 heavy (non-hydrogen) atoms. The number of thioether (sulfide) groups is 1. The predicted octanol–water partition coefficient (Wildman–Crippen LogP) is 5.06. The lowest BCUT2D eigenvalue weighted by Crippen LogP contribution is -2.24. The highest BCUT2D eigenvalue weighted by molar-refractivity contribution is 7.99. The van der Waals surface area contributed by atoms with Gasteiger partial charge in [0.15, 0.2) is 0 Å². The number of rotatable bonds is 6. The molecule has 0 saturated heterocycles. The molecule has 1 nitrogen and oxygen atoms in total. The van der Waals surface area contributed by atoms with E-state index < -0.39 is 0 Å². The van der Waals surface area contributed by atoms with Crippen LogP contribution in [0.2, 0.25) is 5.02 Å². The molecule has 1 aromatic rings. The van der Waals surface area contributed by atoms with Crippen LogP contribution in [0.5, 0.6) is 0 Å². The standard InChI is InChI=1S/C16H24ClNS/c1-2-18-16(13-8-10-14(17)11-9-13)12-19-15-6-4-3-5-7-15/h8-11,15-16,18H,2-7,12H2,1H3. The SMILES string of the molecule is CCNC(CSC1CCCCC1)c1ccc(Cl)cc1. The highest BCUT2D eigenvalue weighted by Crippen LogP contribution is 2.31. The molecule has 0 aromatic heterocycles. The molecule has 1 aliphatic carbocycles. The van der Waals surface area contributed by atoms with E-state index in [9.17, 15) is 0 Å². The van der Waals surface area contributed by atoms with Crippen molar-refractivity contribution in [2.75, 3.05) is 12.3 Å². The smallest absolute Gasteiger partial charge is 0.0411 e. The van der Waals surface area contributed by atoms with Crippen molar-refractivity contribution in [3.63, 3.8) is 0 Å². The average Bonchev–Trinajstić information content (AvgIpc) is 2.46. The summed E-state index contributed by atoms with van der Waals surface area (Å²) in [4.78, 5) is 0. The van der Waals surface area contributed by atoms with Gasteiger partial charge in [-0.05, 0) is 37.1 Å². The lowest BCUT2D eigenvalue weighted by Gasteiger charge is -2.24. The summed E-state index contributed by atoms with van der Waals surface area (Å²) in [5.74, 6) is 1.17. The fraction of sp³-hybridized carbons (Fsp3) is 0.625. The summed E-state index contributed by atoms with van der Waals surface area (Å²) in [5.41, 5.74) is 1.36. The molecule has 2 rings (SSSR count). The summed E-state index contributed by atoms with van der Waals surface area (Å²) >= 11 is 8.12. The topological polar surface area (TPSA) is 12.0 Å². The van der Waals surface area contributed by atoms with Gasteiger partial charge in [0.25, 0.3) is 0 Å². The summed E-state index contributed by atoms with van der Waals surface area (Å²) in [6, 6.07) is 8.74. The predicted molar refractivity (Wildman–Crippen MR) is 87.2 cm³/mol. The molecular weight excluding hydrogens is 274 g/mol. The van der Waals surface area contributed by atoms with E-state index in [1.165, 1.54) is 43.4 Å². The van der Waals surface area contributed by atoms with Crippen molar-refractivity contribution in [3.05, 3.63) is 34.9 Å². The number of benzene rings is 1. The van der Waals surface area contributed by atoms with Gasteiger partial charge in [-0.1, -0.05) is 49.9 Å². The van der Waals surface area contributed by atoms with E-state index in [-0.39, 0.29) is 0 Å². The second-order valence-corrected chi connectivity index (χ2v) is 7.02. The van der Waals surface area contributed by atoms with Crippen molar-refractivity contribution in [1.29, 1.82) is 0 Å². The second-order valence-electron chi connectivity index (χ2n) is 5.26. The first-order valence-corrected chi connectivity index (χ1v) is 8.82. The van der Waals surface area contributed by atoms with Crippen LogP contribution >= 0.6 is 23.4 Å². The van der Waals surface area contributed by atoms with Gasteiger partial charge in [-0.2, -0.15) is 11.8 Å². The molecule has 0 amide bonds. The third-order valence-electron chi connectivity index (χ3n) is 3.77. The Morgan fingerprint density at radius 2 is 1.89 bits per heavy atom. The number of nitrogens with one attached hydrogen (secondary N) is 1. The Morgan fingerprint density at radius 3 is 2.53 bits per heavy atom. The summed E-state index contributed by atoms with van der Waals surface area (Å²) < 4.78 is 0. The van der Waals surface area contributed by atoms with Crippen LogP contribution in [0.4, 0.5) is 0 Å². The van der Waals surface area contributed by atoms with E-state index in [0.29, 0.717) is 6.04 Å². The maximum absolute atomic E-state index is 5.97. The van der Waals surface area contributed by atoms with E-state index in [1.807, 2.05) is 12.1 Å². The van der Waals surface area contributed by atoms with E-state index in [0.717, 1.165) is 16.8 Å². The highest BCUT2D eigenvalue weighted by Gasteiger charge is 2.17. The first-order valence-electron chi connectivity index (χ1n) is 7.40. The van der Waals surface area contributed by atoms with Gasteiger partial charge in [-0.25, -0.2) is 0 Å². The van der Waals surface area contributed by atoms with E-state index >= 15 is 0 Å². The van der Waals surface area contributed by atoms with Crippen molar-refractivity contribution in [2.24, 2.45) is 0 Å². The molecule has 1 N–H and O–H groups in total. The van der Waals surface area contributed by atoms with Crippen LogP contribution in [0.1, 0.15) is 50.6 Å². The molecule has 1 aromatic carbocycles. The highest BCUT2D eigenvalue weighted by atomic mass is 35.5. The Kier molecular flexibility index (Phi) is 6.55. The Labute approximate surface area is 126 Å². The second kappa shape index (κ2) is 8.18. The van der Waals surface area contributed by atoms with Crippen LogP contribution in [-0.2, 0) is 0 Å². The molecular formula is C16H24ClNS. The molecule has 0 spiro atoms. The Morgan fingerprint density at radius 1 is 1.21 bits per heavy atom. The molecule has 1 fully saturated rings. The zero-order valence-electron chi connectivity index (χ0n) is 11.7. The number of halogens is 1. The van der Waals surface area contributed by atoms with Gasteiger partial charge in [-0.3, -0.25) is 0 Å². The van der Waals surface area contributed by atoms with Gasteiger partial charge in [0.2, 0.25) is 0 Å². The summed E-state index contributed by atoms with van der Waals surface area (Å²) in [6.45, 7) is 3.19. The average molecular weight is 298 g/mol. The van der Waals surface area contributed by atoms with Gasteiger partial charge < -0.3 is 5.32 Å². The minimum absolute atomic E-state index is 0.453. The van der Waals surface area contributed by atoms with Crippen LogP contribution in [0.3, 0.4) is 0 Å². The number of hydrogen-bond donors (Lipinski definition) is 1. The van der Waals surface area contributed by atoms with Gasteiger partial charge in [0.1, 0.15) is 0 Å². The third kappa shape index (κ3) is 5.02. The molecule has 1 saturated carbocycles. The van der Waals surface area contributed by atoms with Gasteiger partial charge >= 0.3 is 0 Å². The van der Waals surface area contributed by atoms with Crippen molar-refractivity contribution in [2.45, 2.75) is 50.3 Å². The van der Waals surface area contributed by atoms with Crippen LogP contribution in [-0.4, -0.2) is 17.5 Å². The van der Waals surface area contributed by atoms with Crippen molar-refractivity contribution in [1.82, 2.24) is 5.32 Å². The molecule has 0 bridgehead atoms. The zero-order valence-corrected chi connectivity index (χ0v) is 13.3. The van der Waals surface area contributed by atoms with E-state index in [1.54, 1.807) is 0 Å². The molecule has 1 unspecified atom stereocenters. The molecule has 3 heteroatoms. The summed E-state index contributed by atoms with van der Waals surface area (Å²) in [5, 5.41) is 5.29. The largest absolute Gasteiger partial charge is 0.310 e. The fourth-order valence-electron chi connectivity index (χ4n) is 2.68. The molecule has 0 radical (unpaired) electrons. The third-order valence-corrected chi connectivity index (χ3v) is 5.49. The molecule has 0 aliphatic heterocycles. The lowest BCUT2D eigenvalue weighted by atomic mass is 10.0. The Balaban J connectivity index is 1.89. The quantitative estimate of drug-likeness (QED) is 0.788. The van der Waals surface area contributed by atoms with Crippen LogP contribution in [0, 0.1) is 0 Å². The van der Waals surface area contributed by atoms with Crippen LogP contribution in [0.25, 0.3) is 0 Å². The maximum atomic E-state index is 5.97. The van der Waals surface area contributed by atoms with Crippen molar-refractivity contribution < 1.29 is 0 Å². The minimum atomic E-state index is 0.453. The van der Waals surface area contributed by atoms with Gasteiger partial charge in [0.05, 0.1) is 0 Å². The Bertz CT molecular complexity index is 360. The van der Waals surface area contributed by atoms with Gasteiger partial charge in [0, 0.05) is 22.1 Å². The number of hydrogen-bond acceptors (Lipinski definition) is 2. The summed E-state index contributed by atoms with van der Waals surface area (Å²) in [7, 11) is 0. The monoisotopic (exact) mass is 297 g/mol.